The van der Waals surface area contributed by atoms with Crippen molar-refractivity contribution in [2.45, 2.75) is 25.9 Å². The molecule has 0 aliphatic heterocycles. The number of rotatable bonds is 5. The molecular formula is C15H20N4O. The van der Waals surface area contributed by atoms with E-state index in [0.717, 1.165) is 16.8 Å². The van der Waals surface area contributed by atoms with Gasteiger partial charge in [0.2, 0.25) is 5.91 Å². The predicted molar refractivity (Wildman–Crippen MR) is 77.9 cm³/mol. The number of carbonyl (C=O) groups excluding carboxylic acids is 1. The first-order chi connectivity index (χ1) is 9.56. The summed E-state index contributed by atoms with van der Waals surface area (Å²) < 4.78 is 1.74. The molecule has 20 heavy (non-hydrogen) atoms. The molecule has 0 spiro atoms. The predicted octanol–water partition coefficient (Wildman–Crippen LogP) is 0.915. The number of aryl methyl sites for hydroxylation is 2. The molecule has 0 radical (unpaired) electrons. The Kier molecular flexibility index (Phi) is 4.53. The summed E-state index contributed by atoms with van der Waals surface area (Å²) in [5.74, 6) is -0.142. The first-order valence-corrected chi connectivity index (χ1v) is 6.62. The van der Waals surface area contributed by atoms with E-state index in [4.69, 9.17) is 5.73 Å². The van der Waals surface area contributed by atoms with Crippen LogP contribution in [0.5, 0.6) is 0 Å². The largest absolute Gasteiger partial charge is 0.351 e. The van der Waals surface area contributed by atoms with Crippen molar-refractivity contribution in [3.8, 4) is 0 Å². The maximum Gasteiger partial charge on any atom is 0.237 e. The molecule has 5 heteroatoms. The average molecular weight is 272 g/mol. The zero-order valence-corrected chi connectivity index (χ0v) is 11.8. The summed E-state index contributed by atoms with van der Waals surface area (Å²) >= 11 is 0. The molecule has 0 saturated heterocycles. The fourth-order valence-corrected chi connectivity index (χ4v) is 2.10. The highest BCUT2D eigenvalue weighted by Crippen LogP contribution is 2.05. The highest BCUT2D eigenvalue weighted by molar-refractivity contribution is 5.81. The minimum absolute atomic E-state index is 0.142. The van der Waals surface area contributed by atoms with Crippen LogP contribution in [0, 0.1) is 6.92 Å². The summed E-state index contributed by atoms with van der Waals surface area (Å²) in [6.45, 7) is 2.38. The van der Waals surface area contributed by atoms with Gasteiger partial charge in [-0.05, 0) is 18.9 Å². The van der Waals surface area contributed by atoms with Crippen LogP contribution in [0.15, 0.2) is 36.5 Å². The maximum atomic E-state index is 12.0. The Morgan fingerprint density at radius 1 is 1.40 bits per heavy atom. The molecule has 1 heterocycles. The number of nitrogens with two attached hydrogens (primary N) is 1. The van der Waals surface area contributed by atoms with Crippen LogP contribution in [0.3, 0.4) is 0 Å². The average Bonchev–Trinajstić information content (AvgIpc) is 2.75. The monoisotopic (exact) mass is 272 g/mol. The fourth-order valence-electron chi connectivity index (χ4n) is 2.10. The van der Waals surface area contributed by atoms with Crippen LogP contribution in [0.25, 0.3) is 0 Å². The van der Waals surface area contributed by atoms with Gasteiger partial charge in [-0.2, -0.15) is 5.10 Å². The standard InChI is InChI=1S/C15H20N4O/c1-11-13(10-19(2)18-11)9-17-15(20)14(16)8-12-6-4-3-5-7-12/h3-7,10,14H,8-9,16H2,1-2H3,(H,17,20)/t14-/m0/s1. The summed E-state index contributed by atoms with van der Waals surface area (Å²) in [5.41, 5.74) is 8.91. The van der Waals surface area contributed by atoms with Gasteiger partial charge in [0.15, 0.2) is 0 Å². The van der Waals surface area contributed by atoms with E-state index in [2.05, 4.69) is 10.4 Å². The Balaban J connectivity index is 1.87. The van der Waals surface area contributed by atoms with Gasteiger partial charge in [0.25, 0.3) is 0 Å². The van der Waals surface area contributed by atoms with Gasteiger partial charge in [0, 0.05) is 25.4 Å². The molecule has 0 aliphatic carbocycles. The van der Waals surface area contributed by atoms with Crippen LogP contribution in [0.4, 0.5) is 0 Å². The molecule has 0 fully saturated rings. The molecule has 3 N–H and O–H groups in total. The lowest BCUT2D eigenvalue weighted by Gasteiger charge is -2.12. The zero-order chi connectivity index (χ0) is 14.5. The Hall–Kier alpha value is -2.14. The Labute approximate surface area is 118 Å². The summed E-state index contributed by atoms with van der Waals surface area (Å²) in [6.07, 6.45) is 2.44. The van der Waals surface area contributed by atoms with Crippen molar-refractivity contribution in [3.63, 3.8) is 0 Å². The van der Waals surface area contributed by atoms with Crippen LogP contribution in [-0.2, 0) is 24.8 Å². The molecule has 0 aliphatic rings. The van der Waals surface area contributed by atoms with Crippen molar-refractivity contribution in [2.75, 3.05) is 0 Å². The molecular weight excluding hydrogens is 252 g/mol. The molecule has 0 unspecified atom stereocenters. The normalized spacial score (nSPS) is 12.2. The smallest absolute Gasteiger partial charge is 0.237 e. The minimum Gasteiger partial charge on any atom is -0.351 e. The lowest BCUT2D eigenvalue weighted by atomic mass is 10.1. The van der Waals surface area contributed by atoms with E-state index in [1.165, 1.54) is 0 Å². The van der Waals surface area contributed by atoms with E-state index in [1.807, 2.05) is 50.5 Å². The van der Waals surface area contributed by atoms with Crippen LogP contribution >= 0.6 is 0 Å². The molecule has 1 aromatic carbocycles. The fraction of sp³-hybridized carbons (Fsp3) is 0.333. The number of carbonyl (C=O) groups is 1. The van der Waals surface area contributed by atoms with E-state index in [1.54, 1.807) is 4.68 Å². The molecule has 1 aromatic heterocycles. The Morgan fingerprint density at radius 2 is 2.10 bits per heavy atom. The van der Waals surface area contributed by atoms with Crippen molar-refractivity contribution in [1.82, 2.24) is 15.1 Å². The second-order valence-corrected chi connectivity index (χ2v) is 4.93. The molecule has 0 saturated carbocycles. The number of nitrogens with zero attached hydrogens (tertiary/aromatic N) is 2. The molecule has 0 bridgehead atoms. The van der Waals surface area contributed by atoms with Crippen molar-refractivity contribution in [2.24, 2.45) is 12.8 Å². The third-order valence-electron chi connectivity index (χ3n) is 3.20. The van der Waals surface area contributed by atoms with Crippen molar-refractivity contribution in [1.29, 1.82) is 0 Å². The molecule has 5 nitrogen and oxygen atoms in total. The first-order valence-electron chi connectivity index (χ1n) is 6.62. The first kappa shape index (κ1) is 14.3. The quantitative estimate of drug-likeness (QED) is 0.850. The topological polar surface area (TPSA) is 72.9 Å². The van der Waals surface area contributed by atoms with E-state index in [0.29, 0.717) is 13.0 Å². The number of nitrogens with one attached hydrogen (secondary N) is 1. The number of benzene rings is 1. The summed E-state index contributed by atoms with van der Waals surface area (Å²) in [4.78, 5) is 12.0. The highest BCUT2D eigenvalue weighted by atomic mass is 16.2. The van der Waals surface area contributed by atoms with Gasteiger partial charge in [0.1, 0.15) is 0 Å². The third-order valence-corrected chi connectivity index (χ3v) is 3.20. The van der Waals surface area contributed by atoms with Gasteiger partial charge in [0.05, 0.1) is 11.7 Å². The Morgan fingerprint density at radius 3 is 2.70 bits per heavy atom. The van der Waals surface area contributed by atoms with E-state index < -0.39 is 6.04 Å². The summed E-state index contributed by atoms with van der Waals surface area (Å²) in [5, 5.41) is 7.09. The summed E-state index contributed by atoms with van der Waals surface area (Å²) in [7, 11) is 1.86. The van der Waals surface area contributed by atoms with Gasteiger partial charge in [-0.1, -0.05) is 30.3 Å². The minimum atomic E-state index is -0.533. The molecule has 2 rings (SSSR count). The van der Waals surface area contributed by atoms with E-state index in [9.17, 15) is 4.79 Å². The summed E-state index contributed by atoms with van der Waals surface area (Å²) in [6, 6.07) is 9.24. The van der Waals surface area contributed by atoms with E-state index in [-0.39, 0.29) is 5.91 Å². The number of hydrogen-bond acceptors (Lipinski definition) is 3. The molecule has 2 aromatic rings. The molecule has 1 amide bonds. The third kappa shape index (κ3) is 3.68. The zero-order valence-electron chi connectivity index (χ0n) is 11.8. The van der Waals surface area contributed by atoms with Gasteiger partial charge < -0.3 is 11.1 Å². The molecule has 1 atom stereocenters. The van der Waals surface area contributed by atoms with Crippen LogP contribution in [-0.4, -0.2) is 21.7 Å². The maximum absolute atomic E-state index is 12.0. The van der Waals surface area contributed by atoms with E-state index >= 15 is 0 Å². The van der Waals surface area contributed by atoms with Crippen LogP contribution in [0.1, 0.15) is 16.8 Å². The lowest BCUT2D eigenvalue weighted by Crippen LogP contribution is -2.41. The van der Waals surface area contributed by atoms with Crippen molar-refractivity contribution >= 4 is 5.91 Å². The molecule has 106 valence electrons. The lowest BCUT2D eigenvalue weighted by molar-refractivity contribution is -0.122. The number of hydrogen-bond donors (Lipinski definition) is 2. The number of aromatic nitrogens is 2. The highest BCUT2D eigenvalue weighted by Gasteiger charge is 2.14. The van der Waals surface area contributed by atoms with Crippen LogP contribution in [0.2, 0.25) is 0 Å². The van der Waals surface area contributed by atoms with Crippen LogP contribution < -0.4 is 11.1 Å². The van der Waals surface area contributed by atoms with Gasteiger partial charge in [-0.3, -0.25) is 9.48 Å². The number of amides is 1. The second kappa shape index (κ2) is 6.34. The van der Waals surface area contributed by atoms with Gasteiger partial charge >= 0.3 is 0 Å². The van der Waals surface area contributed by atoms with Gasteiger partial charge in [-0.25, -0.2) is 0 Å². The second-order valence-electron chi connectivity index (χ2n) is 4.93. The SMILES string of the molecule is Cc1nn(C)cc1CNC(=O)[C@@H](N)Cc1ccccc1. The van der Waals surface area contributed by atoms with Crippen molar-refractivity contribution < 1.29 is 4.79 Å². The van der Waals surface area contributed by atoms with Crippen molar-refractivity contribution in [3.05, 3.63) is 53.3 Å². The van der Waals surface area contributed by atoms with Gasteiger partial charge in [-0.15, -0.1) is 0 Å². The Bertz CT molecular complexity index is 577.